The zero-order valence-corrected chi connectivity index (χ0v) is 9.53. The molecule has 0 heterocycles. The van der Waals surface area contributed by atoms with Crippen LogP contribution in [0.4, 0.5) is 13.2 Å². The number of aliphatic hydroxyl groups is 1. The summed E-state index contributed by atoms with van der Waals surface area (Å²) in [6, 6.07) is 1.94. The van der Waals surface area contributed by atoms with Crippen molar-refractivity contribution in [3.05, 3.63) is 34.3 Å². The van der Waals surface area contributed by atoms with Crippen molar-refractivity contribution in [2.75, 3.05) is 6.61 Å². The summed E-state index contributed by atoms with van der Waals surface area (Å²) in [5.74, 6) is 0. The lowest BCUT2D eigenvalue weighted by Crippen LogP contribution is -2.16. The minimum absolute atomic E-state index is 0. The maximum absolute atomic E-state index is 12.3. The number of halogens is 5. The fraction of sp³-hybridized carbons (Fsp3) is 0.333. The van der Waals surface area contributed by atoms with E-state index in [9.17, 15) is 13.2 Å². The lowest BCUT2D eigenvalue weighted by molar-refractivity contribution is -0.137. The summed E-state index contributed by atoms with van der Waals surface area (Å²) in [5.41, 5.74) is 4.67. The predicted molar refractivity (Wildman–Crippen MR) is 57.7 cm³/mol. The Kier molecular flexibility index (Phi) is 5.55. The van der Waals surface area contributed by atoms with E-state index in [4.69, 9.17) is 22.4 Å². The van der Waals surface area contributed by atoms with Gasteiger partial charge in [-0.1, -0.05) is 11.6 Å². The van der Waals surface area contributed by atoms with Gasteiger partial charge in [0, 0.05) is 5.02 Å². The van der Waals surface area contributed by atoms with Gasteiger partial charge in [0.15, 0.2) is 0 Å². The third-order valence-electron chi connectivity index (χ3n) is 1.92. The van der Waals surface area contributed by atoms with Crippen LogP contribution in [-0.2, 0) is 6.18 Å². The van der Waals surface area contributed by atoms with Gasteiger partial charge in [-0.15, -0.1) is 12.4 Å². The lowest BCUT2D eigenvalue weighted by atomic mass is 10.0. The number of benzene rings is 1. The van der Waals surface area contributed by atoms with Crippen LogP contribution in [0.15, 0.2) is 18.2 Å². The molecule has 92 valence electrons. The minimum Gasteiger partial charge on any atom is -0.394 e. The summed E-state index contributed by atoms with van der Waals surface area (Å²) in [6.07, 6.45) is -4.44. The van der Waals surface area contributed by atoms with Gasteiger partial charge < -0.3 is 10.8 Å². The second-order valence-electron chi connectivity index (χ2n) is 3.02. The highest BCUT2D eigenvalue weighted by Gasteiger charge is 2.31. The molecule has 16 heavy (non-hydrogen) atoms. The molecular weight excluding hydrogens is 266 g/mol. The Morgan fingerprint density at radius 2 is 1.94 bits per heavy atom. The highest BCUT2D eigenvalue weighted by Crippen LogP contribution is 2.33. The zero-order chi connectivity index (χ0) is 11.6. The van der Waals surface area contributed by atoms with Crippen molar-refractivity contribution in [2.24, 2.45) is 5.73 Å². The van der Waals surface area contributed by atoms with Gasteiger partial charge >= 0.3 is 6.18 Å². The normalized spacial score (nSPS) is 13.1. The molecule has 0 aliphatic carbocycles. The summed E-state index contributed by atoms with van der Waals surface area (Å²) in [4.78, 5) is 0. The van der Waals surface area contributed by atoms with E-state index in [0.717, 1.165) is 18.2 Å². The summed E-state index contributed by atoms with van der Waals surface area (Å²) in [6.45, 7) is -0.457. The molecule has 2 nitrogen and oxygen atoms in total. The van der Waals surface area contributed by atoms with Gasteiger partial charge in [-0.05, 0) is 23.8 Å². The second-order valence-corrected chi connectivity index (χ2v) is 3.43. The van der Waals surface area contributed by atoms with E-state index in [2.05, 4.69) is 0 Å². The number of hydrogen-bond acceptors (Lipinski definition) is 2. The van der Waals surface area contributed by atoms with Gasteiger partial charge in [-0.25, -0.2) is 0 Å². The van der Waals surface area contributed by atoms with Gasteiger partial charge in [0.05, 0.1) is 18.2 Å². The molecule has 0 amide bonds. The van der Waals surface area contributed by atoms with Crippen molar-refractivity contribution in [3.63, 3.8) is 0 Å². The Labute approximate surface area is 102 Å². The molecule has 1 aromatic carbocycles. The molecule has 7 heteroatoms. The molecule has 1 rings (SSSR count). The molecule has 0 saturated heterocycles. The number of aliphatic hydroxyl groups excluding tert-OH is 1. The van der Waals surface area contributed by atoms with Gasteiger partial charge in [0.2, 0.25) is 0 Å². The lowest BCUT2D eigenvalue weighted by Gasteiger charge is -2.14. The molecule has 0 spiro atoms. The highest BCUT2D eigenvalue weighted by molar-refractivity contribution is 6.31. The van der Waals surface area contributed by atoms with Crippen LogP contribution in [0, 0.1) is 0 Å². The van der Waals surface area contributed by atoms with Crippen molar-refractivity contribution < 1.29 is 18.3 Å². The monoisotopic (exact) mass is 275 g/mol. The molecule has 0 bridgehead atoms. The maximum Gasteiger partial charge on any atom is 0.416 e. The quantitative estimate of drug-likeness (QED) is 0.872. The average Bonchev–Trinajstić information content (AvgIpc) is 2.15. The SMILES string of the molecule is Cl.N[C@@H](CO)c1cc(C(F)(F)F)ccc1Cl. The summed E-state index contributed by atoms with van der Waals surface area (Å²) < 4.78 is 37.0. The first-order chi connectivity index (χ1) is 6.86. The van der Waals surface area contributed by atoms with Crippen molar-refractivity contribution in [1.29, 1.82) is 0 Å². The van der Waals surface area contributed by atoms with E-state index >= 15 is 0 Å². The smallest absolute Gasteiger partial charge is 0.394 e. The van der Waals surface area contributed by atoms with Crippen molar-refractivity contribution >= 4 is 24.0 Å². The number of alkyl halides is 3. The number of nitrogens with two attached hydrogens (primary N) is 1. The van der Waals surface area contributed by atoms with Gasteiger partial charge in [0.25, 0.3) is 0 Å². The Morgan fingerprint density at radius 3 is 2.38 bits per heavy atom. The van der Waals surface area contributed by atoms with Crippen LogP contribution in [0.2, 0.25) is 5.02 Å². The Hall–Kier alpha value is -0.490. The molecule has 0 radical (unpaired) electrons. The van der Waals surface area contributed by atoms with Crippen LogP contribution in [0.1, 0.15) is 17.2 Å². The molecule has 0 aliphatic heterocycles. The standard InChI is InChI=1S/C9H9ClF3NO.ClH/c10-7-2-1-5(9(11,12)13)3-6(7)8(14)4-15;/h1-3,8,15H,4,14H2;1H/t8-;/m0./s1. The maximum atomic E-state index is 12.3. The average molecular weight is 276 g/mol. The molecule has 0 unspecified atom stereocenters. The molecular formula is C9H10Cl2F3NO. The van der Waals surface area contributed by atoms with E-state index < -0.39 is 24.4 Å². The van der Waals surface area contributed by atoms with Crippen LogP contribution < -0.4 is 5.73 Å². The topological polar surface area (TPSA) is 46.2 Å². The summed E-state index contributed by atoms with van der Waals surface area (Å²) in [5, 5.41) is 8.86. The second kappa shape index (κ2) is 5.72. The fourth-order valence-electron chi connectivity index (χ4n) is 1.10. The van der Waals surface area contributed by atoms with Gasteiger partial charge in [-0.2, -0.15) is 13.2 Å². The molecule has 0 saturated carbocycles. The van der Waals surface area contributed by atoms with E-state index in [-0.39, 0.29) is 23.0 Å². The third kappa shape index (κ3) is 3.52. The van der Waals surface area contributed by atoms with Gasteiger partial charge in [-0.3, -0.25) is 0 Å². The van der Waals surface area contributed by atoms with Crippen LogP contribution in [0.25, 0.3) is 0 Å². The van der Waals surface area contributed by atoms with E-state index in [1.807, 2.05) is 0 Å². The summed E-state index contributed by atoms with van der Waals surface area (Å²) >= 11 is 5.66. The molecule has 1 aromatic rings. The number of rotatable bonds is 2. The van der Waals surface area contributed by atoms with Crippen LogP contribution in [-0.4, -0.2) is 11.7 Å². The van der Waals surface area contributed by atoms with E-state index in [0.29, 0.717) is 0 Å². The Morgan fingerprint density at radius 1 is 1.38 bits per heavy atom. The van der Waals surface area contributed by atoms with Crippen molar-refractivity contribution in [3.8, 4) is 0 Å². The van der Waals surface area contributed by atoms with E-state index in [1.54, 1.807) is 0 Å². The zero-order valence-electron chi connectivity index (χ0n) is 7.96. The van der Waals surface area contributed by atoms with Crippen LogP contribution >= 0.6 is 24.0 Å². The molecule has 1 atom stereocenters. The Bertz CT molecular complexity index is 357. The minimum atomic E-state index is -4.44. The fourth-order valence-corrected chi connectivity index (χ4v) is 1.36. The largest absolute Gasteiger partial charge is 0.416 e. The van der Waals surface area contributed by atoms with Crippen molar-refractivity contribution in [1.82, 2.24) is 0 Å². The van der Waals surface area contributed by atoms with Crippen molar-refractivity contribution in [2.45, 2.75) is 12.2 Å². The first-order valence-electron chi connectivity index (χ1n) is 4.09. The van der Waals surface area contributed by atoms with Crippen LogP contribution in [0.3, 0.4) is 0 Å². The van der Waals surface area contributed by atoms with E-state index in [1.165, 1.54) is 0 Å². The Balaban J connectivity index is 0.00000225. The molecule has 0 aromatic heterocycles. The molecule has 0 aliphatic rings. The molecule has 0 fully saturated rings. The summed E-state index contributed by atoms with van der Waals surface area (Å²) in [7, 11) is 0. The first kappa shape index (κ1) is 15.5. The predicted octanol–water partition coefficient (Wildman–Crippen LogP) is 2.77. The number of hydrogen-bond donors (Lipinski definition) is 2. The third-order valence-corrected chi connectivity index (χ3v) is 2.26. The molecule has 3 N–H and O–H groups in total. The van der Waals surface area contributed by atoms with Gasteiger partial charge in [0.1, 0.15) is 0 Å². The first-order valence-corrected chi connectivity index (χ1v) is 4.47. The highest BCUT2D eigenvalue weighted by atomic mass is 35.5. The van der Waals surface area contributed by atoms with Crippen LogP contribution in [0.5, 0.6) is 0 Å².